The van der Waals surface area contributed by atoms with Gasteiger partial charge in [0.1, 0.15) is 48.2 Å². The molecule has 6 aromatic rings. The molecule has 19 heteroatoms. The van der Waals surface area contributed by atoms with Crippen molar-refractivity contribution in [3.63, 3.8) is 0 Å². The summed E-state index contributed by atoms with van der Waals surface area (Å²) in [6.45, 7) is 4.84. The van der Waals surface area contributed by atoms with E-state index in [0.29, 0.717) is 50.2 Å². The van der Waals surface area contributed by atoms with Gasteiger partial charge in [-0.15, -0.1) is 11.3 Å². The maximum absolute atomic E-state index is 16.6. The number of hydrogen-bond donors (Lipinski definition) is 1. The third-order valence-corrected chi connectivity index (χ3v) is 11.2. The molecule has 1 aliphatic heterocycles. The summed E-state index contributed by atoms with van der Waals surface area (Å²) < 4.78 is 93.9. The van der Waals surface area contributed by atoms with Gasteiger partial charge in [-0.2, -0.15) is 22.7 Å². The largest absolute Gasteiger partial charge is 0.491 e. The topological polar surface area (TPSA) is 128 Å². The van der Waals surface area contributed by atoms with E-state index < -0.39 is 43.6 Å². The van der Waals surface area contributed by atoms with Crippen LogP contribution in [-0.4, -0.2) is 99.3 Å². The van der Waals surface area contributed by atoms with Crippen LogP contribution >= 0.6 is 22.9 Å². The predicted molar refractivity (Wildman–Crippen MR) is 211 cm³/mol. The highest BCUT2D eigenvalue weighted by Gasteiger charge is 2.36. The van der Waals surface area contributed by atoms with Crippen LogP contribution in [0.1, 0.15) is 30.4 Å². The number of piperazine rings is 1. The van der Waals surface area contributed by atoms with E-state index in [0.717, 1.165) is 49.9 Å². The highest BCUT2D eigenvalue weighted by molar-refractivity contribution is 7.22. The molecule has 1 N–H and O–H groups in total. The Balaban J connectivity index is 0.00000585. The molecule has 0 amide bonds. The first-order valence-corrected chi connectivity index (χ1v) is 19.2. The minimum atomic E-state index is -4.55. The van der Waals surface area contributed by atoms with Crippen LogP contribution in [0.2, 0.25) is 5.02 Å². The molecular formula is C40H40ClF5N6O6S. The van der Waals surface area contributed by atoms with E-state index in [1.165, 1.54) is 42.6 Å². The fourth-order valence-electron chi connectivity index (χ4n) is 6.57. The summed E-state index contributed by atoms with van der Waals surface area (Å²) in [7, 11) is 2.08. The molecule has 0 aliphatic carbocycles. The van der Waals surface area contributed by atoms with Crippen LogP contribution in [0.25, 0.3) is 32.0 Å². The molecule has 0 unspecified atom stereocenters. The smallest absolute Gasteiger partial charge is 0.408 e. The summed E-state index contributed by atoms with van der Waals surface area (Å²) >= 11 is 8.00. The molecule has 7 rings (SSSR count). The number of furan rings is 1. The quantitative estimate of drug-likeness (QED) is 0.0995. The Morgan fingerprint density at radius 1 is 1.03 bits per heavy atom. The highest BCUT2D eigenvalue weighted by Crippen LogP contribution is 2.50. The number of nitrogens with zero attached hydrogens (tertiary/aromatic N) is 6. The zero-order valence-corrected chi connectivity index (χ0v) is 32.6. The lowest BCUT2D eigenvalue weighted by molar-refractivity contribution is -0.148. The van der Waals surface area contributed by atoms with Crippen molar-refractivity contribution in [2.75, 3.05) is 46.4 Å². The van der Waals surface area contributed by atoms with Gasteiger partial charge in [0.15, 0.2) is 6.17 Å². The van der Waals surface area contributed by atoms with Gasteiger partial charge in [-0.3, -0.25) is 9.58 Å². The van der Waals surface area contributed by atoms with E-state index in [1.807, 2.05) is 0 Å². The average molecular weight is 863 g/mol. The van der Waals surface area contributed by atoms with E-state index >= 15 is 4.39 Å². The van der Waals surface area contributed by atoms with Gasteiger partial charge >= 0.3 is 12.1 Å². The number of aliphatic carboxylic acids is 1. The fraction of sp³-hybridized carbons (Fsp3) is 0.350. The number of para-hydroxylation sites is 1. The molecule has 1 fully saturated rings. The van der Waals surface area contributed by atoms with Gasteiger partial charge in [0, 0.05) is 56.1 Å². The number of likely N-dealkylation sites (N-methyl/N-ethyl adjacent to an activating group) is 1. The Kier molecular flexibility index (Phi) is 13.4. The first kappa shape index (κ1) is 43.3. The van der Waals surface area contributed by atoms with Gasteiger partial charge in [-0.25, -0.2) is 19.2 Å². The number of rotatable bonds is 15. The molecule has 5 heterocycles. The number of carbonyl (C=O) groups is 1. The zero-order valence-electron chi connectivity index (χ0n) is 31.0. The van der Waals surface area contributed by atoms with Crippen LogP contribution in [0.15, 0.2) is 71.5 Å². The Morgan fingerprint density at radius 2 is 1.80 bits per heavy atom. The van der Waals surface area contributed by atoms with Crippen LogP contribution in [-0.2, 0) is 17.9 Å². The molecule has 314 valence electrons. The van der Waals surface area contributed by atoms with E-state index in [2.05, 4.69) is 31.9 Å². The Bertz CT molecular complexity index is 2400. The summed E-state index contributed by atoms with van der Waals surface area (Å²) in [4.78, 5) is 26.6. The maximum Gasteiger partial charge on any atom is 0.408 e. The van der Waals surface area contributed by atoms with Crippen molar-refractivity contribution in [1.82, 2.24) is 29.5 Å². The Morgan fingerprint density at radius 3 is 2.51 bits per heavy atom. The summed E-state index contributed by atoms with van der Waals surface area (Å²) in [6.07, 6.45) is -6.85. The van der Waals surface area contributed by atoms with Crippen molar-refractivity contribution in [1.29, 1.82) is 0 Å². The molecule has 0 bridgehead atoms. The average Bonchev–Trinajstić information content (AvgIpc) is 3.93. The maximum atomic E-state index is 16.6. The standard InChI is InChI=1S/C39H36ClF5N6O6S.CH4/c1-22-24(7-8-27(32(22)40)54-18-17-50-15-13-49(2)14-16-50)30-31-36(46-21-47-37(31)58-35(30)28-9-10-29(41)56-28)57-34(38(52)53)33(42)25-5-3-4-6-26(25)55-19-23-11-12-48-51(23)20-39(43,44)45;/h3-12,21,33-34H,13-20H2,1-2H3,(H,52,53);1H4/t33-,34+;/m1./s1. The number of fused-ring (bicyclic) bond motifs is 1. The first-order chi connectivity index (χ1) is 27.8. The SMILES string of the molecule is C.Cc1c(-c2c(-c3ccc(F)o3)sc3ncnc(O[C@H](C(=O)O)[C@H](F)c4ccccc4OCc4ccnn4CC(F)(F)F)c23)ccc(OCCN2CCN(C)CC2)c1Cl. The normalized spacial score (nSPS) is 14.8. The van der Waals surface area contributed by atoms with Gasteiger partial charge in [0.05, 0.1) is 21.0 Å². The number of alkyl halides is 4. The molecule has 0 radical (unpaired) electrons. The minimum Gasteiger partial charge on any atom is -0.491 e. The van der Waals surface area contributed by atoms with E-state index in [4.69, 9.17) is 30.2 Å². The number of carboxylic acid groups (broad SMARTS) is 1. The van der Waals surface area contributed by atoms with E-state index in [-0.39, 0.29) is 46.3 Å². The number of halogens is 6. The first-order valence-electron chi connectivity index (χ1n) is 18.0. The molecule has 1 saturated heterocycles. The molecule has 0 saturated carbocycles. The lowest BCUT2D eigenvalue weighted by Crippen LogP contribution is -2.45. The van der Waals surface area contributed by atoms with Crippen molar-refractivity contribution in [2.24, 2.45) is 0 Å². The highest BCUT2D eigenvalue weighted by atomic mass is 35.5. The predicted octanol–water partition coefficient (Wildman–Crippen LogP) is 8.86. The van der Waals surface area contributed by atoms with Crippen LogP contribution in [0, 0.1) is 12.9 Å². The molecule has 2 atom stereocenters. The molecule has 4 aromatic heterocycles. The lowest BCUT2D eigenvalue weighted by atomic mass is 9.97. The third kappa shape index (κ3) is 9.78. The van der Waals surface area contributed by atoms with Crippen molar-refractivity contribution in [2.45, 2.75) is 46.0 Å². The third-order valence-electron chi connectivity index (χ3n) is 9.60. The van der Waals surface area contributed by atoms with E-state index in [9.17, 15) is 27.5 Å². The van der Waals surface area contributed by atoms with Crippen LogP contribution in [0.4, 0.5) is 22.0 Å². The molecule has 59 heavy (non-hydrogen) atoms. The molecule has 0 spiro atoms. The van der Waals surface area contributed by atoms with Crippen molar-refractivity contribution in [3.05, 3.63) is 95.0 Å². The second-order valence-electron chi connectivity index (χ2n) is 13.5. The van der Waals surface area contributed by atoms with Crippen molar-refractivity contribution in [3.8, 4) is 39.1 Å². The molecular weight excluding hydrogens is 823 g/mol. The van der Waals surface area contributed by atoms with E-state index in [1.54, 1.807) is 19.1 Å². The number of aromatic nitrogens is 4. The molecule has 1 aliphatic rings. The van der Waals surface area contributed by atoms with Crippen LogP contribution in [0.3, 0.4) is 0 Å². The lowest BCUT2D eigenvalue weighted by Gasteiger charge is -2.32. The van der Waals surface area contributed by atoms with Crippen molar-refractivity contribution >= 4 is 39.1 Å². The zero-order chi connectivity index (χ0) is 41.1. The van der Waals surface area contributed by atoms with Crippen LogP contribution < -0.4 is 14.2 Å². The second kappa shape index (κ2) is 18.3. The Labute approximate surface area is 344 Å². The number of thiophene rings is 1. The Hall–Kier alpha value is -5.30. The van der Waals surface area contributed by atoms with Gasteiger partial charge in [0.2, 0.25) is 12.0 Å². The molecule has 12 nitrogen and oxygen atoms in total. The number of ether oxygens (including phenoxy) is 3. The van der Waals surface area contributed by atoms with Gasteiger partial charge in [-0.1, -0.05) is 43.3 Å². The molecule has 2 aromatic carbocycles. The summed E-state index contributed by atoms with van der Waals surface area (Å²) in [5, 5.41) is 14.5. The minimum absolute atomic E-state index is 0. The summed E-state index contributed by atoms with van der Waals surface area (Å²) in [6, 6.07) is 12.1. The fourth-order valence-corrected chi connectivity index (χ4v) is 7.90. The number of carboxylic acids is 1. The summed E-state index contributed by atoms with van der Waals surface area (Å²) in [5.41, 5.74) is 1.25. The van der Waals surface area contributed by atoms with Crippen LogP contribution in [0.5, 0.6) is 17.4 Å². The number of benzene rings is 2. The van der Waals surface area contributed by atoms with Gasteiger partial charge < -0.3 is 28.6 Å². The van der Waals surface area contributed by atoms with Gasteiger partial charge in [0.25, 0.3) is 6.01 Å². The van der Waals surface area contributed by atoms with Gasteiger partial charge in [-0.05, 0) is 49.4 Å². The van der Waals surface area contributed by atoms with Crippen molar-refractivity contribution < 1.29 is 50.5 Å². The summed E-state index contributed by atoms with van der Waals surface area (Å²) in [5.74, 6) is -1.56. The second-order valence-corrected chi connectivity index (χ2v) is 14.9. The number of hydrogen-bond acceptors (Lipinski definition) is 11. The monoisotopic (exact) mass is 862 g/mol.